The molecule has 1 fully saturated rings. The first-order valence-corrected chi connectivity index (χ1v) is 7.87. The SMILES string of the molecule is Cc1cc2c(n1CC(=O)N1CCCC1)CC(C)(C)CC2=O. The van der Waals surface area contributed by atoms with Crippen LogP contribution < -0.4 is 0 Å². The highest BCUT2D eigenvalue weighted by Crippen LogP contribution is 2.36. The monoisotopic (exact) mass is 288 g/mol. The third-order valence-electron chi connectivity index (χ3n) is 4.75. The molecule has 1 saturated heterocycles. The van der Waals surface area contributed by atoms with Crippen LogP contribution in [-0.2, 0) is 17.8 Å². The Morgan fingerprint density at radius 2 is 1.90 bits per heavy atom. The molecule has 2 heterocycles. The van der Waals surface area contributed by atoms with Gasteiger partial charge in [0.2, 0.25) is 5.91 Å². The Morgan fingerprint density at radius 3 is 2.57 bits per heavy atom. The first kappa shape index (κ1) is 14.4. The first-order valence-electron chi connectivity index (χ1n) is 7.87. The van der Waals surface area contributed by atoms with Gasteiger partial charge >= 0.3 is 0 Å². The normalized spacial score (nSPS) is 20.7. The second-order valence-electron chi connectivity index (χ2n) is 7.26. The lowest BCUT2D eigenvalue weighted by atomic mass is 9.76. The maximum atomic E-state index is 12.4. The van der Waals surface area contributed by atoms with Crippen molar-refractivity contribution in [3.05, 3.63) is 23.0 Å². The quantitative estimate of drug-likeness (QED) is 0.839. The minimum Gasteiger partial charge on any atom is -0.341 e. The number of aromatic nitrogens is 1. The van der Waals surface area contributed by atoms with Crippen molar-refractivity contribution >= 4 is 11.7 Å². The van der Waals surface area contributed by atoms with E-state index in [0.29, 0.717) is 13.0 Å². The van der Waals surface area contributed by atoms with E-state index in [1.54, 1.807) is 0 Å². The van der Waals surface area contributed by atoms with Crippen LogP contribution in [0, 0.1) is 12.3 Å². The molecule has 0 radical (unpaired) electrons. The van der Waals surface area contributed by atoms with E-state index in [4.69, 9.17) is 0 Å². The van der Waals surface area contributed by atoms with Crippen LogP contribution in [0.4, 0.5) is 0 Å². The fourth-order valence-electron chi connectivity index (χ4n) is 3.63. The minimum absolute atomic E-state index is 0.0106. The maximum absolute atomic E-state index is 12.4. The van der Waals surface area contributed by atoms with E-state index in [1.807, 2.05) is 17.9 Å². The van der Waals surface area contributed by atoms with E-state index in [0.717, 1.165) is 49.3 Å². The highest BCUT2D eigenvalue weighted by molar-refractivity contribution is 5.99. The van der Waals surface area contributed by atoms with Crippen LogP contribution in [0.3, 0.4) is 0 Å². The predicted octanol–water partition coefficient (Wildman–Crippen LogP) is 2.57. The van der Waals surface area contributed by atoms with Gasteiger partial charge in [0.1, 0.15) is 6.54 Å². The van der Waals surface area contributed by atoms with Crippen LogP contribution in [0.2, 0.25) is 0 Å². The van der Waals surface area contributed by atoms with Crippen molar-refractivity contribution in [1.29, 1.82) is 0 Å². The summed E-state index contributed by atoms with van der Waals surface area (Å²) in [4.78, 5) is 26.7. The second kappa shape index (κ2) is 5.00. The lowest BCUT2D eigenvalue weighted by molar-refractivity contribution is -0.130. The first-order chi connectivity index (χ1) is 9.87. The fourth-order valence-corrected chi connectivity index (χ4v) is 3.63. The van der Waals surface area contributed by atoms with Crippen molar-refractivity contribution in [1.82, 2.24) is 9.47 Å². The molecule has 3 rings (SSSR count). The van der Waals surface area contributed by atoms with Crippen molar-refractivity contribution in [3.8, 4) is 0 Å². The summed E-state index contributed by atoms with van der Waals surface area (Å²) in [5, 5.41) is 0. The Kier molecular flexibility index (Phi) is 3.42. The molecule has 0 atom stereocenters. The smallest absolute Gasteiger partial charge is 0.242 e. The number of amides is 1. The summed E-state index contributed by atoms with van der Waals surface area (Å²) in [6.45, 7) is 8.39. The van der Waals surface area contributed by atoms with Gasteiger partial charge in [0.15, 0.2) is 5.78 Å². The number of nitrogens with zero attached hydrogens (tertiary/aromatic N) is 2. The highest BCUT2D eigenvalue weighted by Gasteiger charge is 2.34. The van der Waals surface area contributed by atoms with Crippen molar-refractivity contribution in [2.24, 2.45) is 5.41 Å². The lowest BCUT2D eigenvalue weighted by Crippen LogP contribution is -2.33. The molecule has 4 nitrogen and oxygen atoms in total. The van der Waals surface area contributed by atoms with Gasteiger partial charge in [-0.3, -0.25) is 9.59 Å². The molecule has 21 heavy (non-hydrogen) atoms. The third-order valence-corrected chi connectivity index (χ3v) is 4.75. The molecule has 1 aliphatic heterocycles. The molecule has 0 bridgehead atoms. The molecule has 1 aliphatic carbocycles. The average Bonchev–Trinajstić information content (AvgIpc) is 2.99. The molecule has 1 aromatic heterocycles. The van der Waals surface area contributed by atoms with E-state index < -0.39 is 0 Å². The molecule has 0 N–H and O–H groups in total. The van der Waals surface area contributed by atoms with Crippen molar-refractivity contribution < 1.29 is 9.59 Å². The molecule has 1 amide bonds. The van der Waals surface area contributed by atoms with Crippen LogP contribution in [0.15, 0.2) is 6.07 Å². The number of rotatable bonds is 2. The summed E-state index contributed by atoms with van der Waals surface area (Å²) in [6, 6.07) is 1.96. The molecule has 4 heteroatoms. The van der Waals surface area contributed by atoms with Gasteiger partial charge in [0.25, 0.3) is 0 Å². The Labute approximate surface area is 126 Å². The molecule has 2 aliphatic rings. The zero-order valence-corrected chi connectivity index (χ0v) is 13.2. The number of likely N-dealkylation sites (tertiary alicyclic amines) is 1. The zero-order chi connectivity index (χ0) is 15.2. The molecular weight excluding hydrogens is 264 g/mol. The standard InChI is InChI=1S/C17H24N2O2/c1-12-8-13-14(9-17(2,3)10-15(13)20)19(12)11-16(21)18-6-4-5-7-18/h8H,4-7,9-11H2,1-3H3. The second-order valence-corrected chi connectivity index (χ2v) is 7.26. The number of Topliss-reactive ketones (excluding diaryl/α,β-unsaturated/α-hetero) is 1. The van der Waals surface area contributed by atoms with E-state index in [-0.39, 0.29) is 17.1 Å². The van der Waals surface area contributed by atoms with Gasteiger partial charge in [0.05, 0.1) is 0 Å². The Hall–Kier alpha value is -1.58. The maximum Gasteiger partial charge on any atom is 0.242 e. The lowest BCUT2D eigenvalue weighted by Gasteiger charge is -2.30. The van der Waals surface area contributed by atoms with Crippen molar-refractivity contribution in [2.75, 3.05) is 13.1 Å². The van der Waals surface area contributed by atoms with Crippen LogP contribution in [-0.4, -0.2) is 34.2 Å². The van der Waals surface area contributed by atoms with Gasteiger partial charge < -0.3 is 9.47 Å². The molecule has 114 valence electrons. The molecule has 0 saturated carbocycles. The zero-order valence-electron chi connectivity index (χ0n) is 13.2. The van der Waals surface area contributed by atoms with Crippen molar-refractivity contribution in [2.45, 2.75) is 53.0 Å². The van der Waals surface area contributed by atoms with Crippen LogP contribution in [0.25, 0.3) is 0 Å². The Balaban J connectivity index is 1.89. The van der Waals surface area contributed by atoms with Gasteiger partial charge in [0, 0.05) is 36.5 Å². The average molecular weight is 288 g/mol. The highest BCUT2D eigenvalue weighted by atomic mass is 16.2. The molecular formula is C17H24N2O2. The summed E-state index contributed by atoms with van der Waals surface area (Å²) in [5.74, 6) is 0.404. The van der Waals surface area contributed by atoms with Gasteiger partial charge in [-0.1, -0.05) is 13.8 Å². The number of ketones is 1. The largest absolute Gasteiger partial charge is 0.341 e. The summed E-state index contributed by atoms with van der Waals surface area (Å²) < 4.78 is 2.06. The van der Waals surface area contributed by atoms with Crippen LogP contribution >= 0.6 is 0 Å². The number of carbonyl (C=O) groups excluding carboxylic acids is 2. The molecule has 0 unspecified atom stereocenters. The Bertz CT molecular complexity index is 592. The molecule has 0 spiro atoms. The van der Waals surface area contributed by atoms with Crippen LogP contribution in [0.1, 0.15) is 54.9 Å². The molecule has 0 aromatic carbocycles. The summed E-state index contributed by atoms with van der Waals surface area (Å²) >= 11 is 0. The Morgan fingerprint density at radius 1 is 1.24 bits per heavy atom. The minimum atomic E-state index is -0.0106. The topological polar surface area (TPSA) is 42.3 Å². The third kappa shape index (κ3) is 2.63. The number of fused-ring (bicyclic) bond motifs is 1. The van der Waals surface area contributed by atoms with E-state index in [1.165, 1.54) is 0 Å². The fraction of sp³-hybridized carbons (Fsp3) is 0.647. The van der Waals surface area contributed by atoms with Gasteiger partial charge in [-0.15, -0.1) is 0 Å². The van der Waals surface area contributed by atoms with Crippen LogP contribution in [0.5, 0.6) is 0 Å². The van der Waals surface area contributed by atoms with Gasteiger partial charge in [-0.05, 0) is 37.7 Å². The predicted molar refractivity (Wildman–Crippen MR) is 81.4 cm³/mol. The van der Waals surface area contributed by atoms with E-state index >= 15 is 0 Å². The van der Waals surface area contributed by atoms with Gasteiger partial charge in [-0.25, -0.2) is 0 Å². The van der Waals surface area contributed by atoms with E-state index in [9.17, 15) is 9.59 Å². The van der Waals surface area contributed by atoms with Gasteiger partial charge in [-0.2, -0.15) is 0 Å². The summed E-state index contributed by atoms with van der Waals surface area (Å²) in [5.41, 5.74) is 2.91. The number of carbonyl (C=O) groups is 2. The molecule has 1 aromatic rings. The number of hydrogen-bond donors (Lipinski definition) is 0. The number of aryl methyl sites for hydroxylation is 1. The summed E-state index contributed by atoms with van der Waals surface area (Å²) in [6.07, 6.45) is 3.69. The van der Waals surface area contributed by atoms with E-state index in [2.05, 4.69) is 18.4 Å². The summed E-state index contributed by atoms with van der Waals surface area (Å²) in [7, 11) is 0. The van der Waals surface area contributed by atoms with Crippen molar-refractivity contribution in [3.63, 3.8) is 0 Å². The number of hydrogen-bond acceptors (Lipinski definition) is 2.